The van der Waals surface area contributed by atoms with Crippen LogP contribution >= 0.6 is 12.6 Å². The molecule has 0 aliphatic heterocycles. The Balaban J connectivity index is 3.31. The average molecular weight is 218 g/mol. The number of nitrogens with one attached hydrogen (secondary N) is 1. The minimum absolute atomic E-state index is 0.0394. The molecule has 14 heavy (non-hydrogen) atoms. The summed E-state index contributed by atoms with van der Waals surface area (Å²) >= 11 is 4.05. The lowest BCUT2D eigenvalue weighted by Crippen LogP contribution is -2.28. The molecule has 0 spiro atoms. The summed E-state index contributed by atoms with van der Waals surface area (Å²) in [4.78, 5) is 14.9. The normalized spacial score (nSPS) is 9.50. The lowest BCUT2D eigenvalue weighted by molar-refractivity contribution is -0.121. The summed E-state index contributed by atoms with van der Waals surface area (Å²) < 4.78 is 0. The molecule has 6 heteroatoms. The van der Waals surface area contributed by atoms with E-state index in [0.29, 0.717) is 19.5 Å². The summed E-state index contributed by atoms with van der Waals surface area (Å²) in [5.74, 6) is 0.910. The molecule has 0 bridgehead atoms. The van der Waals surface area contributed by atoms with Crippen LogP contribution in [0.5, 0.6) is 0 Å². The Bertz CT molecular complexity index is 192. The third kappa shape index (κ3) is 9.18. The van der Waals surface area contributed by atoms with Crippen LogP contribution in [0.4, 0.5) is 0 Å². The molecule has 0 aliphatic carbocycles. The van der Waals surface area contributed by atoms with Gasteiger partial charge in [0.05, 0.1) is 6.54 Å². The fraction of sp³-hybridized carbons (Fsp3) is 0.750. The highest BCUT2D eigenvalue weighted by molar-refractivity contribution is 7.80. The predicted molar refractivity (Wildman–Crippen MR) is 61.4 cm³/mol. The van der Waals surface area contributed by atoms with Crippen molar-refractivity contribution in [1.29, 1.82) is 0 Å². The third-order valence-corrected chi connectivity index (χ3v) is 1.86. The second kappa shape index (κ2) is 8.68. The standard InChI is InChI=1S/C8H18N4OS/c9-8(10)12-5-4-11-7(13)3-1-2-6-14/h14H,1-6H2,(H,11,13)(H4,9,10,12). The van der Waals surface area contributed by atoms with E-state index in [1.54, 1.807) is 0 Å². The zero-order chi connectivity index (χ0) is 10.8. The molecule has 0 aromatic rings. The predicted octanol–water partition coefficient (Wildman–Crippen LogP) is -0.524. The molecule has 0 fully saturated rings. The summed E-state index contributed by atoms with van der Waals surface area (Å²) in [6.07, 6.45) is 2.38. The summed E-state index contributed by atoms with van der Waals surface area (Å²) in [5.41, 5.74) is 10.2. The van der Waals surface area contributed by atoms with Crippen LogP contribution < -0.4 is 16.8 Å². The van der Waals surface area contributed by atoms with Gasteiger partial charge in [-0.15, -0.1) is 0 Å². The Morgan fingerprint density at radius 1 is 1.36 bits per heavy atom. The number of carbonyl (C=O) groups is 1. The van der Waals surface area contributed by atoms with E-state index in [4.69, 9.17) is 11.5 Å². The van der Waals surface area contributed by atoms with Crippen LogP contribution in [0, 0.1) is 0 Å². The molecule has 0 saturated heterocycles. The quantitative estimate of drug-likeness (QED) is 0.200. The van der Waals surface area contributed by atoms with Gasteiger partial charge in [0, 0.05) is 13.0 Å². The zero-order valence-corrected chi connectivity index (χ0v) is 9.09. The molecule has 0 aliphatic rings. The minimum atomic E-state index is 0.0394. The van der Waals surface area contributed by atoms with Gasteiger partial charge in [0.1, 0.15) is 0 Å². The smallest absolute Gasteiger partial charge is 0.220 e. The maximum Gasteiger partial charge on any atom is 0.220 e. The number of thiol groups is 1. The Hall–Kier alpha value is -0.910. The minimum Gasteiger partial charge on any atom is -0.370 e. The summed E-state index contributed by atoms with van der Waals surface area (Å²) in [6, 6.07) is 0. The van der Waals surface area contributed by atoms with Gasteiger partial charge in [0.2, 0.25) is 5.91 Å². The van der Waals surface area contributed by atoms with Crippen LogP contribution in [0.15, 0.2) is 4.99 Å². The highest BCUT2D eigenvalue weighted by atomic mass is 32.1. The molecule has 0 rings (SSSR count). The number of guanidine groups is 1. The Morgan fingerprint density at radius 3 is 2.64 bits per heavy atom. The first kappa shape index (κ1) is 13.1. The van der Waals surface area contributed by atoms with Crippen LogP contribution in [0.1, 0.15) is 19.3 Å². The van der Waals surface area contributed by atoms with Gasteiger partial charge in [-0.1, -0.05) is 0 Å². The topological polar surface area (TPSA) is 93.5 Å². The number of nitrogens with two attached hydrogens (primary N) is 2. The number of carbonyl (C=O) groups excluding carboxylic acids is 1. The number of nitrogens with zero attached hydrogens (tertiary/aromatic N) is 1. The van der Waals surface area contributed by atoms with Crippen molar-refractivity contribution in [1.82, 2.24) is 5.32 Å². The van der Waals surface area contributed by atoms with E-state index in [1.165, 1.54) is 0 Å². The molecular formula is C8H18N4OS. The first-order chi connectivity index (χ1) is 6.66. The first-order valence-electron chi connectivity index (χ1n) is 4.59. The van der Waals surface area contributed by atoms with E-state index in [1.807, 2.05) is 0 Å². The van der Waals surface area contributed by atoms with Crippen LogP contribution in [0.3, 0.4) is 0 Å². The number of hydrogen-bond donors (Lipinski definition) is 4. The summed E-state index contributed by atoms with van der Waals surface area (Å²) in [5, 5.41) is 2.71. The largest absolute Gasteiger partial charge is 0.370 e. The molecule has 0 radical (unpaired) electrons. The van der Waals surface area contributed by atoms with Gasteiger partial charge in [-0.2, -0.15) is 12.6 Å². The van der Waals surface area contributed by atoms with Gasteiger partial charge in [-0.25, -0.2) is 0 Å². The molecule has 0 atom stereocenters. The van der Waals surface area contributed by atoms with Gasteiger partial charge in [-0.05, 0) is 18.6 Å². The molecule has 0 unspecified atom stereocenters. The van der Waals surface area contributed by atoms with Crippen molar-refractivity contribution in [2.24, 2.45) is 16.5 Å². The van der Waals surface area contributed by atoms with Gasteiger partial charge in [0.15, 0.2) is 5.96 Å². The van der Waals surface area contributed by atoms with Gasteiger partial charge in [-0.3, -0.25) is 9.79 Å². The van der Waals surface area contributed by atoms with E-state index in [9.17, 15) is 4.79 Å². The summed E-state index contributed by atoms with van der Waals surface area (Å²) in [7, 11) is 0. The number of aliphatic imine (C=N–C) groups is 1. The van der Waals surface area contributed by atoms with Crippen molar-refractivity contribution in [3.8, 4) is 0 Å². The lowest BCUT2D eigenvalue weighted by Gasteiger charge is -2.02. The number of amides is 1. The van der Waals surface area contributed by atoms with Crippen LogP contribution in [0.25, 0.3) is 0 Å². The molecule has 0 heterocycles. The number of rotatable bonds is 7. The van der Waals surface area contributed by atoms with Gasteiger partial charge in [0.25, 0.3) is 0 Å². The van der Waals surface area contributed by atoms with Crippen molar-refractivity contribution in [3.05, 3.63) is 0 Å². The van der Waals surface area contributed by atoms with Crippen LogP contribution in [-0.4, -0.2) is 30.7 Å². The Kier molecular flexibility index (Phi) is 8.11. The molecule has 5 N–H and O–H groups in total. The lowest BCUT2D eigenvalue weighted by atomic mass is 10.2. The van der Waals surface area contributed by atoms with Crippen molar-refractivity contribution in [3.63, 3.8) is 0 Å². The van der Waals surface area contributed by atoms with E-state index in [-0.39, 0.29) is 11.9 Å². The maximum atomic E-state index is 11.1. The highest BCUT2D eigenvalue weighted by Gasteiger charge is 1.98. The van der Waals surface area contributed by atoms with Crippen LogP contribution in [-0.2, 0) is 4.79 Å². The maximum absolute atomic E-state index is 11.1. The molecule has 5 nitrogen and oxygen atoms in total. The number of unbranched alkanes of at least 4 members (excludes halogenated alkanes) is 1. The third-order valence-electron chi connectivity index (χ3n) is 1.54. The van der Waals surface area contributed by atoms with E-state index in [0.717, 1.165) is 18.6 Å². The van der Waals surface area contributed by atoms with E-state index < -0.39 is 0 Å². The molecule has 1 amide bonds. The molecule has 82 valence electrons. The molecule has 0 aromatic heterocycles. The SMILES string of the molecule is NC(N)=NCCNC(=O)CCCCS. The van der Waals surface area contributed by atoms with Crippen molar-refractivity contribution >= 4 is 24.5 Å². The highest BCUT2D eigenvalue weighted by Crippen LogP contribution is 1.96. The van der Waals surface area contributed by atoms with Crippen molar-refractivity contribution in [2.75, 3.05) is 18.8 Å². The molecule has 0 aromatic carbocycles. The number of hydrogen-bond acceptors (Lipinski definition) is 3. The Morgan fingerprint density at radius 2 is 2.07 bits per heavy atom. The Labute approximate surface area is 89.7 Å². The van der Waals surface area contributed by atoms with Gasteiger partial charge < -0.3 is 16.8 Å². The zero-order valence-electron chi connectivity index (χ0n) is 8.20. The van der Waals surface area contributed by atoms with Crippen LogP contribution in [0.2, 0.25) is 0 Å². The van der Waals surface area contributed by atoms with Gasteiger partial charge >= 0.3 is 0 Å². The average Bonchev–Trinajstić information content (AvgIpc) is 2.13. The fourth-order valence-corrected chi connectivity index (χ4v) is 1.09. The fourth-order valence-electron chi connectivity index (χ4n) is 0.866. The monoisotopic (exact) mass is 218 g/mol. The van der Waals surface area contributed by atoms with Crippen molar-refractivity contribution in [2.45, 2.75) is 19.3 Å². The first-order valence-corrected chi connectivity index (χ1v) is 5.23. The van der Waals surface area contributed by atoms with E-state index >= 15 is 0 Å². The van der Waals surface area contributed by atoms with Crippen molar-refractivity contribution < 1.29 is 4.79 Å². The molecule has 0 saturated carbocycles. The second-order valence-electron chi connectivity index (χ2n) is 2.84. The van der Waals surface area contributed by atoms with E-state index in [2.05, 4.69) is 22.9 Å². The second-order valence-corrected chi connectivity index (χ2v) is 3.28. The summed E-state index contributed by atoms with van der Waals surface area (Å²) in [6.45, 7) is 0.915. The molecular weight excluding hydrogens is 200 g/mol.